The molecule has 170 valence electrons. The number of aromatic hydroxyl groups is 1. The first kappa shape index (κ1) is 21.0. The van der Waals surface area contributed by atoms with Gasteiger partial charge in [0, 0.05) is 23.1 Å². The second-order valence-electron chi connectivity index (χ2n) is 7.88. The number of hydrogen-bond acceptors (Lipinski definition) is 7. The fraction of sp³-hybridized carbons (Fsp3) is 0.269. The maximum Gasteiger partial charge on any atom is 0.214 e. The van der Waals surface area contributed by atoms with Crippen molar-refractivity contribution in [2.45, 2.75) is 25.6 Å². The summed E-state index contributed by atoms with van der Waals surface area (Å²) >= 11 is 0. The van der Waals surface area contributed by atoms with Gasteiger partial charge >= 0.3 is 0 Å². The summed E-state index contributed by atoms with van der Waals surface area (Å²) in [5, 5.41) is 17.4. The summed E-state index contributed by atoms with van der Waals surface area (Å²) in [4.78, 5) is 0. The SMILES string of the molecule is CCOc1ccc([C@H]2Oc3ccccc3[C@@H]3CC(c4cc(OC)ccc4O)=NN23)cc1OC. The van der Waals surface area contributed by atoms with Gasteiger partial charge in [-0.05, 0) is 49.4 Å². The van der Waals surface area contributed by atoms with Gasteiger partial charge in [-0.15, -0.1) is 0 Å². The normalized spacial score (nSPS) is 18.6. The Balaban J connectivity index is 1.58. The third kappa shape index (κ3) is 3.69. The lowest BCUT2D eigenvalue weighted by Gasteiger charge is -2.38. The van der Waals surface area contributed by atoms with Gasteiger partial charge in [0.15, 0.2) is 11.5 Å². The third-order valence-corrected chi connectivity index (χ3v) is 5.99. The molecule has 3 aromatic carbocycles. The minimum Gasteiger partial charge on any atom is -0.507 e. The molecule has 0 aromatic heterocycles. The van der Waals surface area contributed by atoms with E-state index in [4.69, 9.17) is 24.0 Å². The first-order chi connectivity index (χ1) is 16.1. The molecule has 7 nitrogen and oxygen atoms in total. The van der Waals surface area contributed by atoms with Crippen LogP contribution in [-0.4, -0.2) is 36.7 Å². The first-order valence-electron chi connectivity index (χ1n) is 10.9. The van der Waals surface area contributed by atoms with Gasteiger partial charge in [0.25, 0.3) is 0 Å². The Kier molecular flexibility index (Phi) is 5.46. The van der Waals surface area contributed by atoms with Crippen molar-refractivity contribution >= 4 is 5.71 Å². The van der Waals surface area contributed by atoms with Crippen LogP contribution in [-0.2, 0) is 0 Å². The Morgan fingerprint density at radius 3 is 2.67 bits per heavy atom. The largest absolute Gasteiger partial charge is 0.507 e. The van der Waals surface area contributed by atoms with Gasteiger partial charge in [-0.3, -0.25) is 0 Å². The second-order valence-corrected chi connectivity index (χ2v) is 7.88. The number of methoxy groups -OCH3 is 2. The van der Waals surface area contributed by atoms with Crippen LogP contribution in [0.3, 0.4) is 0 Å². The molecule has 1 N–H and O–H groups in total. The molecule has 0 spiro atoms. The Labute approximate surface area is 192 Å². The van der Waals surface area contributed by atoms with Crippen LogP contribution in [0.2, 0.25) is 0 Å². The molecule has 7 heteroatoms. The van der Waals surface area contributed by atoms with E-state index in [2.05, 4.69) is 6.07 Å². The highest BCUT2D eigenvalue weighted by molar-refractivity contribution is 6.04. The fourth-order valence-electron chi connectivity index (χ4n) is 4.40. The molecular formula is C26H26N2O5. The molecule has 0 amide bonds. The molecule has 0 bridgehead atoms. The van der Waals surface area contributed by atoms with Crippen molar-refractivity contribution in [1.82, 2.24) is 5.01 Å². The number of benzene rings is 3. The molecule has 3 aromatic rings. The van der Waals surface area contributed by atoms with E-state index < -0.39 is 6.23 Å². The molecule has 2 aliphatic heterocycles. The van der Waals surface area contributed by atoms with Crippen LogP contribution in [0.15, 0.2) is 65.8 Å². The Morgan fingerprint density at radius 1 is 1.03 bits per heavy atom. The van der Waals surface area contributed by atoms with Crippen molar-refractivity contribution in [3.8, 4) is 28.7 Å². The highest BCUT2D eigenvalue weighted by atomic mass is 16.5. The van der Waals surface area contributed by atoms with Crippen molar-refractivity contribution in [1.29, 1.82) is 0 Å². The summed E-state index contributed by atoms with van der Waals surface area (Å²) in [6, 6.07) is 19.0. The van der Waals surface area contributed by atoms with Crippen LogP contribution in [0, 0.1) is 0 Å². The van der Waals surface area contributed by atoms with E-state index in [1.807, 2.05) is 54.4 Å². The van der Waals surface area contributed by atoms with Crippen LogP contribution in [0.5, 0.6) is 28.7 Å². The molecule has 33 heavy (non-hydrogen) atoms. The number of para-hydroxylation sites is 1. The van der Waals surface area contributed by atoms with Crippen LogP contribution in [0.1, 0.15) is 42.3 Å². The van der Waals surface area contributed by atoms with Crippen molar-refractivity contribution in [3.05, 3.63) is 77.4 Å². The Bertz CT molecular complexity index is 1210. The summed E-state index contributed by atoms with van der Waals surface area (Å²) < 4.78 is 23.0. The lowest BCUT2D eigenvalue weighted by atomic mass is 9.95. The number of ether oxygens (including phenoxy) is 4. The minimum atomic E-state index is -0.459. The standard InChI is InChI=1S/C26H26N2O5/c1-4-32-24-12-9-16(13-25(24)31-3)26-28-21(18-7-5-6-8-23(18)33-26)15-20(27-28)19-14-17(30-2)10-11-22(19)29/h5-14,21,26,29H,4,15H2,1-3H3/t21-,26+/m0/s1. The van der Waals surface area contributed by atoms with Gasteiger partial charge in [-0.25, -0.2) is 5.01 Å². The number of phenolic OH excluding ortho intramolecular Hbond substituents is 1. The van der Waals surface area contributed by atoms with Gasteiger partial charge in [0.05, 0.1) is 32.6 Å². The van der Waals surface area contributed by atoms with Crippen LogP contribution in [0.25, 0.3) is 0 Å². The summed E-state index contributed by atoms with van der Waals surface area (Å²) in [5.74, 6) is 2.98. The first-order valence-corrected chi connectivity index (χ1v) is 10.9. The number of rotatable bonds is 6. The van der Waals surface area contributed by atoms with Gasteiger partial charge in [0.1, 0.15) is 17.2 Å². The summed E-state index contributed by atoms with van der Waals surface area (Å²) in [7, 11) is 3.23. The molecule has 0 unspecified atom stereocenters. The fourth-order valence-corrected chi connectivity index (χ4v) is 4.40. The molecule has 2 heterocycles. The van der Waals surface area contributed by atoms with Crippen LogP contribution in [0.4, 0.5) is 0 Å². The van der Waals surface area contributed by atoms with E-state index >= 15 is 0 Å². The zero-order valence-electron chi connectivity index (χ0n) is 18.8. The minimum absolute atomic E-state index is 0.0295. The van der Waals surface area contributed by atoms with E-state index in [0.29, 0.717) is 35.8 Å². The van der Waals surface area contributed by atoms with Crippen molar-refractivity contribution < 1.29 is 24.1 Å². The molecule has 0 radical (unpaired) electrons. The van der Waals surface area contributed by atoms with E-state index in [1.165, 1.54) is 0 Å². The molecular weight excluding hydrogens is 420 g/mol. The van der Waals surface area contributed by atoms with E-state index in [0.717, 1.165) is 22.6 Å². The third-order valence-electron chi connectivity index (χ3n) is 5.99. The number of hydrazone groups is 1. The molecule has 0 fully saturated rings. The topological polar surface area (TPSA) is 72.8 Å². The molecule has 0 aliphatic carbocycles. The lowest BCUT2D eigenvalue weighted by molar-refractivity contribution is -0.0191. The smallest absolute Gasteiger partial charge is 0.214 e. The molecule has 2 aliphatic rings. The second kappa shape index (κ2) is 8.58. The lowest BCUT2D eigenvalue weighted by Crippen LogP contribution is -2.33. The zero-order valence-corrected chi connectivity index (χ0v) is 18.8. The summed E-state index contributed by atoms with van der Waals surface area (Å²) in [6.07, 6.45) is 0.172. The summed E-state index contributed by atoms with van der Waals surface area (Å²) in [5.41, 5.74) is 3.39. The molecule has 0 saturated heterocycles. The van der Waals surface area contributed by atoms with Crippen LogP contribution < -0.4 is 18.9 Å². The molecule has 5 rings (SSSR count). The molecule has 0 saturated carbocycles. The van der Waals surface area contributed by atoms with Gasteiger partial charge in [0.2, 0.25) is 6.23 Å². The van der Waals surface area contributed by atoms with E-state index in [-0.39, 0.29) is 11.8 Å². The average Bonchev–Trinajstić information content (AvgIpc) is 3.30. The van der Waals surface area contributed by atoms with E-state index in [9.17, 15) is 5.11 Å². The van der Waals surface area contributed by atoms with Crippen molar-refractivity contribution in [3.63, 3.8) is 0 Å². The Morgan fingerprint density at radius 2 is 1.88 bits per heavy atom. The molecule has 2 atom stereocenters. The zero-order chi connectivity index (χ0) is 22.9. The van der Waals surface area contributed by atoms with Gasteiger partial charge < -0.3 is 24.1 Å². The summed E-state index contributed by atoms with van der Waals surface area (Å²) in [6.45, 7) is 2.49. The number of fused-ring (bicyclic) bond motifs is 3. The highest BCUT2D eigenvalue weighted by Crippen LogP contribution is 2.48. The van der Waals surface area contributed by atoms with Gasteiger partial charge in [-0.2, -0.15) is 5.10 Å². The van der Waals surface area contributed by atoms with Gasteiger partial charge in [-0.1, -0.05) is 18.2 Å². The number of hydrogen-bond donors (Lipinski definition) is 1. The van der Waals surface area contributed by atoms with E-state index in [1.54, 1.807) is 26.4 Å². The van der Waals surface area contributed by atoms with Crippen molar-refractivity contribution in [2.75, 3.05) is 20.8 Å². The monoisotopic (exact) mass is 446 g/mol. The van der Waals surface area contributed by atoms with Crippen LogP contribution >= 0.6 is 0 Å². The quantitative estimate of drug-likeness (QED) is 0.571. The maximum absolute atomic E-state index is 10.5. The Hall–Kier alpha value is -3.87. The number of nitrogens with zero attached hydrogens (tertiary/aromatic N) is 2. The predicted molar refractivity (Wildman–Crippen MR) is 124 cm³/mol. The highest BCUT2D eigenvalue weighted by Gasteiger charge is 2.41. The van der Waals surface area contributed by atoms with Crippen molar-refractivity contribution in [2.24, 2.45) is 5.10 Å². The maximum atomic E-state index is 10.5. The predicted octanol–water partition coefficient (Wildman–Crippen LogP) is 5.05. The average molecular weight is 447 g/mol. The number of phenols is 1.